The predicted octanol–water partition coefficient (Wildman–Crippen LogP) is 3.13. The molecule has 2 aromatic rings. The number of carbonyl (C=O) groups is 1. The standard InChI is InChI=1S/C18H18O6S/c1-18-7-6-12-11-3-2-10(24-25(21,22)23)8-14(11)16(19)9-13(12)15(18)4-5-17(18)20/h2-3,8-9,15,19H,4-7H2,1H3,(H,21,22,23)/t15?,18-/m0/s1. The van der Waals surface area contributed by atoms with Gasteiger partial charge in [0.1, 0.15) is 17.3 Å². The minimum absolute atomic E-state index is 0.0122. The van der Waals surface area contributed by atoms with Gasteiger partial charge in [0.05, 0.1) is 0 Å². The van der Waals surface area contributed by atoms with Gasteiger partial charge in [-0.3, -0.25) is 9.35 Å². The van der Waals surface area contributed by atoms with Crippen molar-refractivity contribution >= 4 is 27.0 Å². The summed E-state index contributed by atoms with van der Waals surface area (Å²) in [6, 6.07) is 6.22. The van der Waals surface area contributed by atoms with Crippen molar-refractivity contribution in [3.05, 3.63) is 35.4 Å². The average Bonchev–Trinajstić information content (AvgIpc) is 2.82. The second kappa shape index (κ2) is 5.19. The Hall–Kier alpha value is -2.12. The molecule has 0 saturated heterocycles. The van der Waals surface area contributed by atoms with Crippen LogP contribution in [0.5, 0.6) is 11.5 Å². The zero-order chi connectivity index (χ0) is 18.0. The highest BCUT2D eigenvalue weighted by atomic mass is 32.3. The highest BCUT2D eigenvalue weighted by molar-refractivity contribution is 7.81. The van der Waals surface area contributed by atoms with E-state index in [9.17, 15) is 18.3 Å². The van der Waals surface area contributed by atoms with Crippen LogP contribution in [-0.4, -0.2) is 23.9 Å². The van der Waals surface area contributed by atoms with Gasteiger partial charge in [0.25, 0.3) is 0 Å². The van der Waals surface area contributed by atoms with Gasteiger partial charge in [0.15, 0.2) is 0 Å². The molecule has 1 unspecified atom stereocenters. The second-order valence-electron chi connectivity index (χ2n) is 7.11. The zero-order valence-electron chi connectivity index (χ0n) is 13.7. The first-order valence-corrected chi connectivity index (χ1v) is 9.54. The van der Waals surface area contributed by atoms with Gasteiger partial charge in [-0.05, 0) is 59.9 Å². The average molecular weight is 362 g/mol. The number of Topliss-reactive ketones (excluding diaryl/α,β-unsaturated/α-hetero) is 1. The SMILES string of the molecule is C[C@]12CCc3c(cc(O)c4cc(OS(=O)(=O)O)ccc34)C1CCC2=O. The third kappa shape index (κ3) is 2.49. The monoisotopic (exact) mass is 362 g/mol. The summed E-state index contributed by atoms with van der Waals surface area (Å²) in [6.07, 6.45) is 2.85. The Kier molecular flexibility index (Phi) is 3.39. The fourth-order valence-electron chi connectivity index (χ4n) is 4.50. The first kappa shape index (κ1) is 16.4. The number of hydrogen-bond donors (Lipinski definition) is 2. The quantitative estimate of drug-likeness (QED) is 0.796. The van der Waals surface area contributed by atoms with E-state index in [0.29, 0.717) is 17.6 Å². The number of carbonyl (C=O) groups excluding carboxylic acids is 1. The van der Waals surface area contributed by atoms with E-state index in [1.54, 1.807) is 12.1 Å². The molecule has 0 radical (unpaired) electrons. The van der Waals surface area contributed by atoms with Crippen LogP contribution >= 0.6 is 0 Å². The highest BCUT2D eigenvalue weighted by Crippen LogP contribution is 2.55. The summed E-state index contributed by atoms with van der Waals surface area (Å²) in [5.41, 5.74) is 1.73. The summed E-state index contributed by atoms with van der Waals surface area (Å²) in [7, 11) is -4.62. The van der Waals surface area contributed by atoms with Crippen LogP contribution < -0.4 is 4.18 Å². The van der Waals surface area contributed by atoms with Gasteiger partial charge in [0.2, 0.25) is 0 Å². The van der Waals surface area contributed by atoms with Crippen molar-refractivity contribution in [1.82, 2.24) is 0 Å². The predicted molar refractivity (Wildman–Crippen MR) is 91.2 cm³/mol. The van der Waals surface area contributed by atoms with E-state index < -0.39 is 10.4 Å². The van der Waals surface area contributed by atoms with Crippen LogP contribution in [0.15, 0.2) is 24.3 Å². The number of hydrogen-bond acceptors (Lipinski definition) is 5. The van der Waals surface area contributed by atoms with Gasteiger partial charge in [0, 0.05) is 17.2 Å². The van der Waals surface area contributed by atoms with Crippen LogP contribution in [0, 0.1) is 5.41 Å². The van der Waals surface area contributed by atoms with Crippen molar-refractivity contribution in [2.45, 2.75) is 38.5 Å². The molecule has 4 rings (SSSR count). The summed E-state index contributed by atoms with van der Waals surface area (Å²) in [6.45, 7) is 2.01. The van der Waals surface area contributed by atoms with Crippen molar-refractivity contribution in [2.24, 2.45) is 5.41 Å². The third-order valence-corrected chi connectivity index (χ3v) is 6.17. The molecule has 1 saturated carbocycles. The Bertz CT molecular complexity index is 1010. The van der Waals surface area contributed by atoms with E-state index in [1.165, 1.54) is 12.1 Å². The van der Waals surface area contributed by atoms with Gasteiger partial charge in [-0.25, -0.2) is 0 Å². The smallest absolute Gasteiger partial charge is 0.446 e. The molecule has 1 fully saturated rings. The lowest BCUT2D eigenvalue weighted by Gasteiger charge is -2.37. The van der Waals surface area contributed by atoms with E-state index in [4.69, 9.17) is 4.55 Å². The van der Waals surface area contributed by atoms with E-state index in [2.05, 4.69) is 4.18 Å². The molecule has 0 spiro atoms. The number of aromatic hydroxyl groups is 1. The summed E-state index contributed by atoms with van der Waals surface area (Å²) < 4.78 is 35.1. The lowest BCUT2D eigenvalue weighted by atomic mass is 9.66. The van der Waals surface area contributed by atoms with Crippen LogP contribution in [0.4, 0.5) is 0 Å². The number of aryl methyl sites for hydroxylation is 1. The maximum Gasteiger partial charge on any atom is 0.446 e. The minimum atomic E-state index is -4.62. The molecular weight excluding hydrogens is 344 g/mol. The third-order valence-electron chi connectivity index (χ3n) is 5.77. The van der Waals surface area contributed by atoms with Crippen LogP contribution in [0.3, 0.4) is 0 Å². The van der Waals surface area contributed by atoms with Crippen molar-refractivity contribution < 1.29 is 27.1 Å². The highest BCUT2D eigenvalue weighted by Gasteiger charge is 2.49. The fraction of sp³-hybridized carbons (Fsp3) is 0.389. The number of phenols is 1. The first-order valence-electron chi connectivity index (χ1n) is 8.18. The maximum atomic E-state index is 12.3. The van der Waals surface area contributed by atoms with Crippen LogP contribution in [0.2, 0.25) is 0 Å². The van der Waals surface area contributed by atoms with Crippen molar-refractivity contribution in [3.8, 4) is 11.5 Å². The molecule has 2 aliphatic rings. The van der Waals surface area contributed by atoms with Gasteiger partial charge in [-0.15, -0.1) is 0 Å². The molecule has 0 bridgehead atoms. The normalized spacial score (nSPS) is 25.7. The van der Waals surface area contributed by atoms with Crippen LogP contribution in [0.25, 0.3) is 10.8 Å². The van der Waals surface area contributed by atoms with E-state index in [1.807, 2.05) is 6.92 Å². The number of fused-ring (bicyclic) bond motifs is 5. The molecule has 2 atom stereocenters. The molecule has 132 valence electrons. The largest absolute Gasteiger partial charge is 0.507 e. The van der Waals surface area contributed by atoms with Crippen LogP contribution in [-0.2, 0) is 21.6 Å². The van der Waals surface area contributed by atoms with Gasteiger partial charge in [-0.2, -0.15) is 8.42 Å². The number of rotatable bonds is 2. The Morgan fingerprint density at radius 3 is 2.68 bits per heavy atom. The molecule has 2 N–H and O–H groups in total. The van der Waals surface area contributed by atoms with Crippen LogP contribution in [0.1, 0.15) is 43.2 Å². The minimum Gasteiger partial charge on any atom is -0.507 e. The number of phenolic OH excluding ortho intramolecular Hbond substituents is 1. The van der Waals surface area contributed by atoms with Gasteiger partial charge >= 0.3 is 10.4 Å². The molecule has 2 aliphatic carbocycles. The Balaban J connectivity index is 1.88. The van der Waals surface area contributed by atoms with Gasteiger partial charge < -0.3 is 9.29 Å². The van der Waals surface area contributed by atoms with Crippen molar-refractivity contribution in [2.75, 3.05) is 0 Å². The lowest BCUT2D eigenvalue weighted by Crippen LogP contribution is -2.32. The molecule has 7 heteroatoms. The summed E-state index contributed by atoms with van der Waals surface area (Å²) in [5, 5.41) is 11.8. The lowest BCUT2D eigenvalue weighted by molar-refractivity contribution is -0.126. The molecule has 0 heterocycles. The zero-order valence-corrected chi connectivity index (χ0v) is 14.5. The Morgan fingerprint density at radius 1 is 1.20 bits per heavy atom. The fourth-order valence-corrected chi connectivity index (χ4v) is 4.85. The Labute approximate surface area is 145 Å². The van der Waals surface area contributed by atoms with Crippen molar-refractivity contribution in [1.29, 1.82) is 0 Å². The summed E-state index contributed by atoms with van der Waals surface area (Å²) in [4.78, 5) is 12.3. The number of ketones is 1. The molecule has 25 heavy (non-hydrogen) atoms. The number of benzene rings is 2. The maximum absolute atomic E-state index is 12.3. The molecule has 2 aromatic carbocycles. The molecule has 6 nitrogen and oxygen atoms in total. The van der Waals surface area contributed by atoms with Crippen molar-refractivity contribution in [3.63, 3.8) is 0 Å². The Morgan fingerprint density at radius 2 is 1.96 bits per heavy atom. The first-order chi connectivity index (χ1) is 11.7. The van der Waals surface area contributed by atoms with E-state index in [0.717, 1.165) is 35.8 Å². The second-order valence-corrected chi connectivity index (χ2v) is 8.14. The van der Waals surface area contributed by atoms with E-state index in [-0.39, 0.29) is 22.8 Å². The summed E-state index contributed by atoms with van der Waals surface area (Å²) in [5.74, 6) is 0.340. The van der Waals surface area contributed by atoms with E-state index >= 15 is 0 Å². The molecule has 0 aliphatic heterocycles. The molecular formula is C18H18O6S. The topological polar surface area (TPSA) is 101 Å². The molecule has 0 aromatic heterocycles. The van der Waals surface area contributed by atoms with Gasteiger partial charge in [-0.1, -0.05) is 13.0 Å². The summed E-state index contributed by atoms with van der Waals surface area (Å²) >= 11 is 0. The molecule has 0 amide bonds.